The first-order chi connectivity index (χ1) is 16.5. The molecule has 4 rings (SSSR count). The van der Waals surface area contributed by atoms with E-state index in [4.69, 9.17) is 4.74 Å². The zero-order valence-electron chi connectivity index (χ0n) is 19.2. The van der Waals surface area contributed by atoms with Gasteiger partial charge in [-0.1, -0.05) is 0 Å². The van der Waals surface area contributed by atoms with Crippen LogP contribution in [0.3, 0.4) is 0 Å². The van der Waals surface area contributed by atoms with E-state index in [1.807, 2.05) is 29.2 Å². The molecule has 3 heterocycles. The molecule has 1 atom stereocenters. The van der Waals surface area contributed by atoms with Crippen LogP contribution in [-0.4, -0.2) is 84.9 Å². The molecule has 10 nitrogen and oxygen atoms in total. The number of hydrogen-bond donors (Lipinski definition) is 3. The zero-order valence-corrected chi connectivity index (χ0v) is 20.0. The number of ether oxygens (including phenoxy) is 1. The Morgan fingerprint density at radius 3 is 2.68 bits per heavy atom. The zero-order chi connectivity index (χ0) is 23.9. The van der Waals surface area contributed by atoms with E-state index in [-0.39, 0.29) is 24.3 Å². The van der Waals surface area contributed by atoms with E-state index >= 15 is 0 Å². The Labute approximate surface area is 202 Å². The normalized spacial score (nSPS) is 19.1. The lowest BCUT2D eigenvalue weighted by molar-refractivity contribution is -0.129. The third-order valence-electron chi connectivity index (χ3n) is 5.96. The maximum atomic E-state index is 12.9. The molecule has 0 unspecified atom stereocenters. The number of methoxy groups -OCH3 is 1. The summed E-state index contributed by atoms with van der Waals surface area (Å²) in [6.45, 7) is 3.12. The smallest absolute Gasteiger partial charge is 0.273 e. The second-order valence-corrected chi connectivity index (χ2v) is 9.22. The number of nitrogens with zero attached hydrogens (tertiary/aromatic N) is 3. The van der Waals surface area contributed by atoms with Crippen molar-refractivity contribution in [1.29, 1.82) is 0 Å². The standard InChI is InChI=1S/C23H30N6O4S/c1-33-17-7-5-16(6-8-17)25-23-27-19(15-34-23)22(32)29-12-10-28(11-13-29)14-20(30)26-18-4-2-3-9-24-21(18)31/h5-8,15,18H,2-4,9-14H2,1H3,(H,24,31)(H,25,27)(H,26,30)/t18-/m0/s1. The largest absolute Gasteiger partial charge is 0.497 e. The van der Waals surface area contributed by atoms with Crippen LogP contribution in [0.2, 0.25) is 0 Å². The van der Waals surface area contributed by atoms with E-state index in [0.29, 0.717) is 50.0 Å². The maximum absolute atomic E-state index is 12.9. The number of thiazole rings is 1. The number of anilines is 2. The number of carbonyl (C=O) groups is 3. The number of aromatic nitrogens is 1. The van der Waals surface area contributed by atoms with E-state index in [1.165, 1.54) is 11.3 Å². The van der Waals surface area contributed by atoms with Crippen LogP contribution in [-0.2, 0) is 9.59 Å². The predicted octanol–water partition coefficient (Wildman–Crippen LogP) is 1.44. The molecule has 1 aromatic carbocycles. The summed E-state index contributed by atoms with van der Waals surface area (Å²) in [5.41, 5.74) is 1.27. The number of benzene rings is 1. The van der Waals surface area contributed by atoms with E-state index in [0.717, 1.165) is 24.3 Å². The van der Waals surface area contributed by atoms with Crippen molar-refractivity contribution in [3.8, 4) is 5.75 Å². The lowest BCUT2D eigenvalue weighted by Gasteiger charge is -2.34. The number of amides is 3. The van der Waals surface area contributed by atoms with Crippen LogP contribution >= 0.6 is 11.3 Å². The van der Waals surface area contributed by atoms with Crippen LogP contribution in [0.15, 0.2) is 29.6 Å². The number of piperazine rings is 1. The highest BCUT2D eigenvalue weighted by molar-refractivity contribution is 7.14. The molecule has 0 saturated carbocycles. The van der Waals surface area contributed by atoms with Crippen LogP contribution in [0.4, 0.5) is 10.8 Å². The van der Waals surface area contributed by atoms with Crippen LogP contribution in [0, 0.1) is 0 Å². The Hall–Kier alpha value is -3.18. The van der Waals surface area contributed by atoms with Gasteiger partial charge in [-0.3, -0.25) is 19.3 Å². The SMILES string of the molecule is COc1ccc(Nc2nc(C(=O)N3CCN(CC(=O)N[C@H]4CCCCNC4=O)CC3)cs2)cc1. The summed E-state index contributed by atoms with van der Waals surface area (Å²) >= 11 is 1.38. The predicted molar refractivity (Wildman–Crippen MR) is 130 cm³/mol. The molecule has 2 aromatic rings. The third-order valence-corrected chi connectivity index (χ3v) is 6.72. The number of carbonyl (C=O) groups excluding carboxylic acids is 3. The Bertz CT molecular complexity index is 1000. The van der Waals surface area contributed by atoms with E-state index < -0.39 is 6.04 Å². The van der Waals surface area contributed by atoms with Crippen LogP contribution in [0.1, 0.15) is 29.8 Å². The van der Waals surface area contributed by atoms with Gasteiger partial charge in [0.1, 0.15) is 17.5 Å². The molecule has 2 saturated heterocycles. The van der Waals surface area contributed by atoms with Gasteiger partial charge in [0.05, 0.1) is 13.7 Å². The maximum Gasteiger partial charge on any atom is 0.273 e. The number of rotatable bonds is 7. The van der Waals surface area contributed by atoms with E-state index in [1.54, 1.807) is 17.4 Å². The summed E-state index contributed by atoms with van der Waals surface area (Å²) in [4.78, 5) is 45.6. The van der Waals surface area contributed by atoms with Gasteiger partial charge >= 0.3 is 0 Å². The minimum absolute atomic E-state index is 0.106. The minimum atomic E-state index is -0.455. The molecular weight excluding hydrogens is 456 g/mol. The first kappa shape index (κ1) is 24.0. The number of nitrogens with one attached hydrogen (secondary N) is 3. The van der Waals surface area contributed by atoms with Crippen molar-refractivity contribution in [2.75, 3.05) is 51.7 Å². The molecule has 3 amide bonds. The molecule has 0 radical (unpaired) electrons. The van der Waals surface area contributed by atoms with Crippen molar-refractivity contribution in [3.63, 3.8) is 0 Å². The molecular formula is C23H30N6O4S. The lowest BCUT2D eigenvalue weighted by atomic mass is 10.1. The monoisotopic (exact) mass is 486 g/mol. The summed E-state index contributed by atoms with van der Waals surface area (Å²) in [6.07, 6.45) is 2.52. The summed E-state index contributed by atoms with van der Waals surface area (Å²) in [7, 11) is 1.62. The summed E-state index contributed by atoms with van der Waals surface area (Å²) in [6, 6.07) is 7.03. The molecule has 0 aliphatic carbocycles. The second-order valence-electron chi connectivity index (χ2n) is 8.37. The van der Waals surface area contributed by atoms with E-state index in [2.05, 4.69) is 20.9 Å². The highest BCUT2D eigenvalue weighted by atomic mass is 32.1. The van der Waals surface area contributed by atoms with Crippen LogP contribution < -0.4 is 20.7 Å². The van der Waals surface area contributed by atoms with Gasteiger partial charge in [-0.05, 0) is 43.5 Å². The Balaban J connectivity index is 1.23. The second kappa shape index (κ2) is 11.3. The van der Waals surface area contributed by atoms with Crippen molar-refractivity contribution >= 4 is 39.9 Å². The number of hydrogen-bond acceptors (Lipinski definition) is 8. The molecule has 11 heteroatoms. The Morgan fingerprint density at radius 2 is 1.94 bits per heavy atom. The first-order valence-corrected chi connectivity index (χ1v) is 12.3. The highest BCUT2D eigenvalue weighted by Crippen LogP contribution is 2.23. The van der Waals surface area contributed by atoms with Gasteiger partial charge in [0.15, 0.2) is 5.13 Å². The fourth-order valence-electron chi connectivity index (χ4n) is 4.02. The van der Waals surface area contributed by atoms with E-state index in [9.17, 15) is 14.4 Å². The Morgan fingerprint density at radius 1 is 1.18 bits per heavy atom. The van der Waals surface area contributed by atoms with Crippen molar-refractivity contribution < 1.29 is 19.1 Å². The molecule has 34 heavy (non-hydrogen) atoms. The van der Waals surface area contributed by atoms with Gasteiger partial charge in [-0.2, -0.15) is 0 Å². The minimum Gasteiger partial charge on any atom is -0.497 e. The third kappa shape index (κ3) is 6.23. The molecule has 182 valence electrons. The summed E-state index contributed by atoms with van der Waals surface area (Å²) < 4.78 is 5.16. The van der Waals surface area contributed by atoms with Gasteiger partial charge in [0.2, 0.25) is 11.8 Å². The fraction of sp³-hybridized carbons (Fsp3) is 0.478. The topological polar surface area (TPSA) is 116 Å². The molecule has 1 aromatic heterocycles. The first-order valence-electron chi connectivity index (χ1n) is 11.5. The van der Waals surface area contributed by atoms with Gasteiger partial charge in [-0.15, -0.1) is 11.3 Å². The van der Waals surface area contributed by atoms with Gasteiger partial charge in [0, 0.05) is 43.8 Å². The van der Waals surface area contributed by atoms with Gasteiger partial charge in [0.25, 0.3) is 5.91 Å². The van der Waals surface area contributed by atoms with Crippen molar-refractivity contribution in [2.24, 2.45) is 0 Å². The highest BCUT2D eigenvalue weighted by Gasteiger charge is 2.27. The Kier molecular flexibility index (Phi) is 7.96. The lowest BCUT2D eigenvalue weighted by Crippen LogP contribution is -2.53. The molecule has 2 aliphatic heterocycles. The molecule has 0 bridgehead atoms. The molecule has 2 fully saturated rings. The summed E-state index contributed by atoms with van der Waals surface area (Å²) in [5.74, 6) is 0.395. The summed E-state index contributed by atoms with van der Waals surface area (Å²) in [5, 5.41) is 11.3. The van der Waals surface area contributed by atoms with Crippen molar-refractivity contribution in [1.82, 2.24) is 25.4 Å². The van der Waals surface area contributed by atoms with Crippen LogP contribution in [0.5, 0.6) is 5.75 Å². The van der Waals surface area contributed by atoms with Crippen molar-refractivity contribution in [2.45, 2.75) is 25.3 Å². The molecule has 3 N–H and O–H groups in total. The average Bonchev–Trinajstić information content (AvgIpc) is 3.22. The molecule has 0 spiro atoms. The van der Waals surface area contributed by atoms with Gasteiger partial charge < -0.3 is 25.6 Å². The quantitative estimate of drug-likeness (QED) is 0.542. The molecule has 2 aliphatic rings. The average molecular weight is 487 g/mol. The fourth-order valence-corrected chi connectivity index (χ4v) is 4.72. The van der Waals surface area contributed by atoms with Crippen LogP contribution in [0.25, 0.3) is 0 Å². The van der Waals surface area contributed by atoms with Gasteiger partial charge in [-0.25, -0.2) is 4.98 Å². The van der Waals surface area contributed by atoms with Crippen molar-refractivity contribution in [3.05, 3.63) is 35.3 Å².